The van der Waals surface area contributed by atoms with Crippen LogP contribution >= 0.6 is 22.6 Å². The molecule has 1 nitrogen and oxygen atoms in total. The molecule has 0 aliphatic carbocycles. The minimum Gasteiger partial charge on any atom is -0.299 e. The Labute approximate surface area is 118 Å². The van der Waals surface area contributed by atoms with E-state index < -0.39 is 0 Å². The van der Waals surface area contributed by atoms with Gasteiger partial charge in [-0.05, 0) is 59.9 Å². The first kappa shape index (κ1) is 14.7. The first-order chi connectivity index (χ1) is 8.19. The van der Waals surface area contributed by atoms with E-state index in [0.29, 0.717) is 5.78 Å². The fraction of sp³-hybridized carbons (Fsp3) is 0.533. The van der Waals surface area contributed by atoms with E-state index >= 15 is 0 Å². The highest BCUT2D eigenvalue weighted by Gasteiger charge is 2.13. The van der Waals surface area contributed by atoms with Gasteiger partial charge in [-0.2, -0.15) is 0 Å². The van der Waals surface area contributed by atoms with Gasteiger partial charge in [-0.15, -0.1) is 0 Å². The SMILES string of the molecule is CCC(CC)C(=O)CCCc1ccccc1I. The van der Waals surface area contributed by atoms with Crippen LogP contribution in [0, 0.1) is 9.49 Å². The van der Waals surface area contributed by atoms with Crippen molar-refractivity contribution in [2.45, 2.75) is 46.0 Å². The van der Waals surface area contributed by atoms with Crippen LogP contribution in [0.3, 0.4) is 0 Å². The summed E-state index contributed by atoms with van der Waals surface area (Å²) in [5, 5.41) is 0. The molecule has 0 saturated carbocycles. The number of benzene rings is 1. The predicted octanol–water partition coefficient (Wildman–Crippen LogP) is 4.62. The molecule has 0 spiro atoms. The second kappa shape index (κ2) is 7.85. The molecule has 0 aliphatic rings. The third-order valence-electron chi connectivity index (χ3n) is 3.27. The van der Waals surface area contributed by atoms with Crippen LogP contribution in [0.5, 0.6) is 0 Å². The van der Waals surface area contributed by atoms with Crippen molar-refractivity contribution in [3.63, 3.8) is 0 Å². The lowest BCUT2D eigenvalue weighted by atomic mass is 9.94. The van der Waals surface area contributed by atoms with Gasteiger partial charge in [0.15, 0.2) is 0 Å². The van der Waals surface area contributed by atoms with Crippen LogP contribution in [0.4, 0.5) is 0 Å². The average Bonchev–Trinajstić information content (AvgIpc) is 2.33. The summed E-state index contributed by atoms with van der Waals surface area (Å²) in [5.41, 5.74) is 1.37. The van der Waals surface area contributed by atoms with Crippen LogP contribution in [0.15, 0.2) is 24.3 Å². The van der Waals surface area contributed by atoms with Crippen molar-refractivity contribution < 1.29 is 4.79 Å². The molecule has 0 unspecified atom stereocenters. The number of ketones is 1. The van der Waals surface area contributed by atoms with Crippen molar-refractivity contribution in [2.75, 3.05) is 0 Å². The van der Waals surface area contributed by atoms with Crippen LogP contribution in [-0.4, -0.2) is 5.78 Å². The molecule has 17 heavy (non-hydrogen) atoms. The molecule has 2 heteroatoms. The highest BCUT2D eigenvalue weighted by Crippen LogP contribution is 2.17. The molecular weight excluding hydrogens is 323 g/mol. The summed E-state index contributed by atoms with van der Waals surface area (Å²) in [7, 11) is 0. The molecule has 0 fully saturated rings. The quantitative estimate of drug-likeness (QED) is 0.660. The van der Waals surface area contributed by atoms with E-state index in [4.69, 9.17) is 0 Å². The maximum absolute atomic E-state index is 11.9. The molecule has 0 bridgehead atoms. The van der Waals surface area contributed by atoms with E-state index in [0.717, 1.165) is 32.1 Å². The Bertz CT molecular complexity index is 356. The number of carbonyl (C=O) groups is 1. The third kappa shape index (κ3) is 4.78. The molecule has 0 aliphatic heterocycles. The Morgan fingerprint density at radius 3 is 2.47 bits per heavy atom. The van der Waals surface area contributed by atoms with Crippen molar-refractivity contribution in [3.8, 4) is 0 Å². The highest BCUT2D eigenvalue weighted by molar-refractivity contribution is 14.1. The van der Waals surface area contributed by atoms with Crippen LogP contribution in [0.2, 0.25) is 0 Å². The summed E-state index contributed by atoms with van der Waals surface area (Å²) in [6.45, 7) is 4.21. The minimum absolute atomic E-state index is 0.282. The number of hydrogen-bond donors (Lipinski definition) is 0. The van der Waals surface area contributed by atoms with Crippen molar-refractivity contribution in [3.05, 3.63) is 33.4 Å². The number of aryl methyl sites for hydroxylation is 1. The maximum Gasteiger partial charge on any atom is 0.135 e. The predicted molar refractivity (Wildman–Crippen MR) is 81.2 cm³/mol. The Kier molecular flexibility index (Phi) is 6.78. The molecule has 1 aromatic carbocycles. The number of carbonyl (C=O) groups excluding carboxylic acids is 1. The number of halogens is 1. The zero-order chi connectivity index (χ0) is 12.7. The molecule has 0 radical (unpaired) electrons. The monoisotopic (exact) mass is 344 g/mol. The fourth-order valence-corrected chi connectivity index (χ4v) is 2.76. The number of rotatable bonds is 7. The van der Waals surface area contributed by atoms with E-state index in [1.807, 2.05) is 0 Å². The molecule has 0 aromatic heterocycles. The Morgan fingerprint density at radius 1 is 1.24 bits per heavy atom. The van der Waals surface area contributed by atoms with Gasteiger partial charge in [0.25, 0.3) is 0 Å². The van der Waals surface area contributed by atoms with Gasteiger partial charge in [-0.1, -0.05) is 32.0 Å². The summed E-state index contributed by atoms with van der Waals surface area (Å²) in [4.78, 5) is 11.9. The molecule has 0 amide bonds. The van der Waals surface area contributed by atoms with Gasteiger partial charge in [-0.25, -0.2) is 0 Å². The lowest BCUT2D eigenvalue weighted by Crippen LogP contribution is -2.12. The van der Waals surface area contributed by atoms with Gasteiger partial charge in [0, 0.05) is 15.9 Å². The normalized spacial score (nSPS) is 10.8. The van der Waals surface area contributed by atoms with Gasteiger partial charge in [0.05, 0.1) is 0 Å². The van der Waals surface area contributed by atoms with Crippen LogP contribution in [0.25, 0.3) is 0 Å². The second-order valence-corrected chi connectivity index (χ2v) is 5.59. The largest absolute Gasteiger partial charge is 0.299 e. The lowest BCUT2D eigenvalue weighted by molar-refractivity contribution is -0.123. The van der Waals surface area contributed by atoms with E-state index in [2.05, 4.69) is 60.7 Å². The van der Waals surface area contributed by atoms with E-state index in [-0.39, 0.29) is 5.92 Å². The molecule has 1 aromatic rings. The average molecular weight is 344 g/mol. The molecular formula is C15H21IO. The smallest absolute Gasteiger partial charge is 0.135 e. The summed E-state index contributed by atoms with van der Waals surface area (Å²) in [5.74, 6) is 0.728. The molecule has 0 N–H and O–H groups in total. The summed E-state index contributed by atoms with van der Waals surface area (Å²) in [6, 6.07) is 8.41. The van der Waals surface area contributed by atoms with Crippen LogP contribution in [-0.2, 0) is 11.2 Å². The van der Waals surface area contributed by atoms with E-state index in [1.165, 1.54) is 9.13 Å². The third-order valence-corrected chi connectivity index (χ3v) is 4.32. The van der Waals surface area contributed by atoms with Gasteiger partial charge in [0.2, 0.25) is 0 Å². The molecule has 0 atom stereocenters. The zero-order valence-electron chi connectivity index (χ0n) is 10.7. The summed E-state index contributed by atoms with van der Waals surface area (Å²) >= 11 is 2.36. The molecule has 94 valence electrons. The topological polar surface area (TPSA) is 17.1 Å². The number of Topliss-reactive ketones (excluding diaryl/α,β-unsaturated/α-hetero) is 1. The Hall–Kier alpha value is -0.380. The van der Waals surface area contributed by atoms with Crippen molar-refractivity contribution in [1.29, 1.82) is 0 Å². The van der Waals surface area contributed by atoms with Crippen molar-refractivity contribution in [1.82, 2.24) is 0 Å². The van der Waals surface area contributed by atoms with E-state index in [1.54, 1.807) is 0 Å². The second-order valence-electron chi connectivity index (χ2n) is 4.42. The zero-order valence-corrected chi connectivity index (χ0v) is 12.9. The standard InChI is InChI=1S/C15H21IO/c1-3-12(4-2)15(17)11-7-9-13-8-5-6-10-14(13)16/h5-6,8,10,12H,3-4,7,9,11H2,1-2H3. The Morgan fingerprint density at radius 2 is 1.88 bits per heavy atom. The maximum atomic E-state index is 11.9. The van der Waals surface area contributed by atoms with Gasteiger partial charge < -0.3 is 0 Å². The highest BCUT2D eigenvalue weighted by atomic mass is 127. The minimum atomic E-state index is 0.282. The molecule has 1 rings (SSSR count). The van der Waals surface area contributed by atoms with Gasteiger partial charge in [0.1, 0.15) is 5.78 Å². The van der Waals surface area contributed by atoms with Gasteiger partial charge in [-0.3, -0.25) is 4.79 Å². The van der Waals surface area contributed by atoms with Crippen LogP contribution in [0.1, 0.15) is 45.1 Å². The van der Waals surface area contributed by atoms with Crippen LogP contribution < -0.4 is 0 Å². The summed E-state index contributed by atoms with van der Waals surface area (Å²) < 4.78 is 1.31. The fourth-order valence-electron chi connectivity index (χ4n) is 2.10. The number of hydrogen-bond acceptors (Lipinski definition) is 1. The van der Waals surface area contributed by atoms with Crippen molar-refractivity contribution >= 4 is 28.4 Å². The first-order valence-corrected chi connectivity index (χ1v) is 7.53. The van der Waals surface area contributed by atoms with Crippen molar-refractivity contribution in [2.24, 2.45) is 5.92 Å². The molecule has 0 heterocycles. The molecule has 0 saturated heterocycles. The van der Waals surface area contributed by atoms with E-state index in [9.17, 15) is 4.79 Å². The van der Waals surface area contributed by atoms with Gasteiger partial charge >= 0.3 is 0 Å². The summed E-state index contributed by atoms with van der Waals surface area (Å²) in [6.07, 6.45) is 4.70. The Balaban J connectivity index is 2.38. The first-order valence-electron chi connectivity index (χ1n) is 6.45. The lowest BCUT2D eigenvalue weighted by Gasteiger charge is -2.10.